The largest absolute Gasteiger partial charge is 0.486 e. The molecule has 0 atom stereocenters. The minimum atomic E-state index is -0.208. The first-order chi connectivity index (χ1) is 14.1. The highest BCUT2D eigenvalue weighted by molar-refractivity contribution is 6.04. The second-order valence-electron chi connectivity index (χ2n) is 6.55. The van der Waals surface area contributed by atoms with E-state index in [9.17, 15) is 4.79 Å². The summed E-state index contributed by atoms with van der Waals surface area (Å²) in [6.45, 7) is 2.21. The molecule has 0 bridgehead atoms. The minimum absolute atomic E-state index is 0.208. The Balaban J connectivity index is 1.40. The van der Waals surface area contributed by atoms with Gasteiger partial charge in [-0.2, -0.15) is 5.10 Å². The highest BCUT2D eigenvalue weighted by Crippen LogP contribution is 2.20. The van der Waals surface area contributed by atoms with E-state index in [4.69, 9.17) is 4.74 Å². The lowest BCUT2D eigenvalue weighted by molar-refractivity contribution is 0.102. The van der Waals surface area contributed by atoms with Crippen molar-refractivity contribution in [2.45, 2.75) is 13.5 Å². The first-order valence-corrected chi connectivity index (χ1v) is 9.08. The molecule has 8 heteroatoms. The SMILES string of the molecule is Cc1nc(-c2cccc(C(=O)Nc3ccc(OCc4nccn4C)cc3)c2)n[nH]1. The van der Waals surface area contributed by atoms with Crippen LogP contribution >= 0.6 is 0 Å². The van der Waals surface area contributed by atoms with Gasteiger partial charge in [0.15, 0.2) is 5.82 Å². The van der Waals surface area contributed by atoms with Gasteiger partial charge in [0.05, 0.1) is 0 Å². The summed E-state index contributed by atoms with van der Waals surface area (Å²) in [4.78, 5) is 21.1. The Labute approximate surface area is 167 Å². The number of anilines is 1. The predicted octanol–water partition coefficient (Wildman–Crippen LogP) is 3.34. The zero-order chi connectivity index (χ0) is 20.2. The fourth-order valence-electron chi connectivity index (χ4n) is 2.79. The Morgan fingerprint density at radius 3 is 2.72 bits per heavy atom. The van der Waals surface area contributed by atoms with Gasteiger partial charge < -0.3 is 14.6 Å². The summed E-state index contributed by atoms with van der Waals surface area (Å²) in [5, 5.41) is 9.83. The van der Waals surface area contributed by atoms with Gasteiger partial charge in [-0.3, -0.25) is 9.89 Å². The second kappa shape index (κ2) is 7.97. The highest BCUT2D eigenvalue weighted by atomic mass is 16.5. The zero-order valence-electron chi connectivity index (χ0n) is 16.1. The van der Waals surface area contributed by atoms with Crippen molar-refractivity contribution in [3.05, 3.63) is 78.1 Å². The number of benzene rings is 2. The number of carbonyl (C=O) groups is 1. The number of amides is 1. The average molecular weight is 388 g/mol. The maximum absolute atomic E-state index is 12.6. The van der Waals surface area contributed by atoms with Crippen molar-refractivity contribution in [3.63, 3.8) is 0 Å². The third-order valence-electron chi connectivity index (χ3n) is 4.38. The van der Waals surface area contributed by atoms with E-state index >= 15 is 0 Å². The molecule has 4 rings (SSSR count). The lowest BCUT2D eigenvalue weighted by Crippen LogP contribution is -2.11. The number of aromatic amines is 1. The number of hydrogen-bond acceptors (Lipinski definition) is 5. The molecule has 4 aromatic rings. The maximum atomic E-state index is 12.6. The van der Waals surface area contributed by atoms with Crippen molar-refractivity contribution in [2.24, 2.45) is 7.05 Å². The molecule has 0 fully saturated rings. The number of rotatable bonds is 6. The van der Waals surface area contributed by atoms with E-state index in [2.05, 4.69) is 25.5 Å². The summed E-state index contributed by atoms with van der Waals surface area (Å²) in [6, 6.07) is 14.4. The van der Waals surface area contributed by atoms with Crippen LogP contribution in [0.25, 0.3) is 11.4 Å². The molecule has 1 amide bonds. The smallest absolute Gasteiger partial charge is 0.255 e. The molecule has 0 saturated heterocycles. The number of imidazole rings is 1. The number of hydrogen-bond donors (Lipinski definition) is 2. The molecule has 2 aromatic heterocycles. The van der Waals surface area contributed by atoms with Crippen LogP contribution < -0.4 is 10.1 Å². The standard InChI is InChI=1S/C21H20N6O2/c1-14-23-20(26-25-14)15-4-3-5-16(12-15)21(28)24-17-6-8-18(9-7-17)29-13-19-22-10-11-27(19)2/h3-12H,13H2,1-2H3,(H,24,28)(H,23,25,26). The lowest BCUT2D eigenvalue weighted by Gasteiger charge is -2.09. The second-order valence-corrected chi connectivity index (χ2v) is 6.55. The Morgan fingerprint density at radius 1 is 1.21 bits per heavy atom. The molecule has 2 heterocycles. The van der Waals surface area contributed by atoms with Crippen molar-refractivity contribution in [3.8, 4) is 17.1 Å². The Morgan fingerprint density at radius 2 is 2.03 bits per heavy atom. The van der Waals surface area contributed by atoms with Gasteiger partial charge in [-0.05, 0) is 43.3 Å². The summed E-state index contributed by atoms with van der Waals surface area (Å²) in [7, 11) is 1.92. The fourth-order valence-corrected chi connectivity index (χ4v) is 2.79. The lowest BCUT2D eigenvalue weighted by atomic mass is 10.1. The van der Waals surface area contributed by atoms with Crippen molar-refractivity contribution in [2.75, 3.05) is 5.32 Å². The average Bonchev–Trinajstić information content (AvgIpc) is 3.35. The molecule has 0 aliphatic rings. The number of nitrogens with zero attached hydrogens (tertiary/aromatic N) is 4. The Kier molecular flexibility index (Phi) is 5.07. The monoisotopic (exact) mass is 388 g/mol. The Bertz CT molecular complexity index is 1130. The van der Waals surface area contributed by atoms with E-state index in [0.717, 1.165) is 17.2 Å². The topological polar surface area (TPSA) is 97.7 Å². The van der Waals surface area contributed by atoms with Gasteiger partial charge in [-0.25, -0.2) is 9.97 Å². The van der Waals surface area contributed by atoms with Crippen molar-refractivity contribution < 1.29 is 9.53 Å². The van der Waals surface area contributed by atoms with Crippen molar-refractivity contribution in [1.29, 1.82) is 0 Å². The molecule has 146 valence electrons. The first kappa shape index (κ1) is 18.4. The van der Waals surface area contributed by atoms with Crippen LogP contribution in [0, 0.1) is 6.92 Å². The maximum Gasteiger partial charge on any atom is 0.255 e. The van der Waals surface area contributed by atoms with Gasteiger partial charge in [-0.15, -0.1) is 0 Å². The van der Waals surface area contributed by atoms with Gasteiger partial charge in [0.1, 0.15) is 24.0 Å². The van der Waals surface area contributed by atoms with Crippen LogP contribution in [0.3, 0.4) is 0 Å². The van der Waals surface area contributed by atoms with Crippen LogP contribution in [0.5, 0.6) is 5.75 Å². The van der Waals surface area contributed by atoms with E-state index in [-0.39, 0.29) is 5.91 Å². The molecule has 0 aliphatic carbocycles. The van der Waals surface area contributed by atoms with E-state index in [1.54, 1.807) is 30.5 Å². The van der Waals surface area contributed by atoms with Gasteiger partial charge in [0, 0.05) is 36.3 Å². The molecule has 0 unspecified atom stereocenters. The Hall–Kier alpha value is -3.94. The van der Waals surface area contributed by atoms with Crippen LogP contribution in [0.15, 0.2) is 60.9 Å². The molecule has 0 radical (unpaired) electrons. The fraction of sp³-hybridized carbons (Fsp3) is 0.143. The molecule has 8 nitrogen and oxygen atoms in total. The van der Waals surface area contributed by atoms with Crippen LogP contribution in [-0.2, 0) is 13.7 Å². The third-order valence-corrected chi connectivity index (χ3v) is 4.38. The third kappa shape index (κ3) is 4.32. The van der Waals surface area contributed by atoms with Crippen LogP contribution in [-0.4, -0.2) is 30.6 Å². The van der Waals surface area contributed by atoms with E-state index < -0.39 is 0 Å². The summed E-state index contributed by atoms with van der Waals surface area (Å²) in [5.74, 6) is 2.61. The van der Waals surface area contributed by atoms with Gasteiger partial charge in [-0.1, -0.05) is 12.1 Å². The van der Waals surface area contributed by atoms with E-state index in [0.29, 0.717) is 29.4 Å². The van der Waals surface area contributed by atoms with Crippen LogP contribution in [0.4, 0.5) is 5.69 Å². The summed E-state index contributed by atoms with van der Waals surface area (Å²) in [6.07, 6.45) is 3.60. The first-order valence-electron chi connectivity index (χ1n) is 9.08. The normalized spacial score (nSPS) is 10.7. The van der Waals surface area contributed by atoms with Crippen LogP contribution in [0.1, 0.15) is 22.0 Å². The molecular formula is C21H20N6O2. The van der Waals surface area contributed by atoms with Crippen molar-refractivity contribution >= 4 is 11.6 Å². The number of nitrogens with one attached hydrogen (secondary N) is 2. The minimum Gasteiger partial charge on any atom is -0.486 e. The number of H-pyrrole nitrogens is 1. The van der Waals surface area contributed by atoms with Gasteiger partial charge in [0.25, 0.3) is 5.91 Å². The van der Waals surface area contributed by atoms with Gasteiger partial charge >= 0.3 is 0 Å². The molecule has 2 aromatic carbocycles. The summed E-state index contributed by atoms with van der Waals surface area (Å²) >= 11 is 0. The number of ether oxygens (including phenoxy) is 1. The number of aromatic nitrogens is 5. The number of aryl methyl sites for hydroxylation is 2. The molecule has 0 aliphatic heterocycles. The predicted molar refractivity (Wildman–Crippen MR) is 108 cm³/mol. The van der Waals surface area contributed by atoms with Crippen LogP contribution in [0.2, 0.25) is 0 Å². The van der Waals surface area contributed by atoms with E-state index in [1.807, 2.05) is 49.0 Å². The molecule has 0 saturated carbocycles. The molecule has 2 N–H and O–H groups in total. The summed E-state index contributed by atoms with van der Waals surface area (Å²) < 4.78 is 7.63. The summed E-state index contributed by atoms with van der Waals surface area (Å²) in [5.41, 5.74) is 1.98. The number of carbonyl (C=O) groups excluding carboxylic acids is 1. The van der Waals surface area contributed by atoms with E-state index in [1.165, 1.54) is 0 Å². The van der Waals surface area contributed by atoms with Crippen molar-refractivity contribution in [1.82, 2.24) is 24.7 Å². The molecular weight excluding hydrogens is 368 g/mol. The molecule has 0 spiro atoms. The highest BCUT2D eigenvalue weighted by Gasteiger charge is 2.10. The quantitative estimate of drug-likeness (QED) is 0.528. The molecule has 29 heavy (non-hydrogen) atoms. The zero-order valence-corrected chi connectivity index (χ0v) is 16.1. The van der Waals surface area contributed by atoms with Gasteiger partial charge in [0.2, 0.25) is 0 Å².